The normalized spacial score (nSPS) is 15.5. The Morgan fingerprint density at radius 1 is 1.08 bits per heavy atom. The van der Waals surface area contributed by atoms with Crippen LogP contribution in [0.4, 0.5) is 0 Å². The fourth-order valence-electron chi connectivity index (χ4n) is 3.05. The van der Waals surface area contributed by atoms with Crippen LogP contribution in [0.2, 0.25) is 5.02 Å². The van der Waals surface area contributed by atoms with Gasteiger partial charge in [0.05, 0.1) is 6.04 Å². The lowest BCUT2D eigenvalue weighted by Crippen LogP contribution is -2.37. The van der Waals surface area contributed by atoms with Crippen molar-refractivity contribution in [2.24, 2.45) is 0 Å². The summed E-state index contributed by atoms with van der Waals surface area (Å²) in [6.45, 7) is 3.75. The molecule has 0 bridgehead atoms. The lowest BCUT2D eigenvalue weighted by atomic mass is 10.0. The number of amides is 1. The van der Waals surface area contributed by atoms with Crippen LogP contribution in [-0.2, 0) is 17.6 Å². The number of halogens is 1. The number of benzene rings is 2. The second-order valence-corrected chi connectivity index (χ2v) is 6.76. The molecule has 0 unspecified atom stereocenters. The predicted octanol–water partition coefficient (Wildman–Crippen LogP) is 4.47. The van der Waals surface area contributed by atoms with Crippen LogP contribution in [0, 0.1) is 0 Å². The maximum atomic E-state index is 12.4. The molecule has 0 saturated carbocycles. The predicted molar refractivity (Wildman–Crippen MR) is 96.6 cm³/mol. The van der Waals surface area contributed by atoms with Gasteiger partial charge in [-0.25, -0.2) is 0 Å². The Morgan fingerprint density at radius 3 is 2.54 bits per heavy atom. The first-order valence-corrected chi connectivity index (χ1v) is 8.75. The molecule has 126 valence electrons. The van der Waals surface area contributed by atoms with Gasteiger partial charge in [0.15, 0.2) is 6.10 Å². The molecule has 0 spiro atoms. The molecule has 1 amide bonds. The van der Waals surface area contributed by atoms with Crippen molar-refractivity contribution in [2.45, 2.75) is 45.3 Å². The molecule has 4 heteroatoms. The monoisotopic (exact) mass is 343 g/mol. The number of carbonyl (C=O) groups excluding carboxylic acids is 1. The van der Waals surface area contributed by atoms with Gasteiger partial charge in [0.2, 0.25) is 0 Å². The van der Waals surface area contributed by atoms with E-state index in [9.17, 15) is 4.79 Å². The number of rotatable bonds is 5. The summed E-state index contributed by atoms with van der Waals surface area (Å²) in [5, 5.41) is 3.67. The first-order chi connectivity index (χ1) is 11.5. The Bertz CT molecular complexity index is 727. The summed E-state index contributed by atoms with van der Waals surface area (Å²) in [4.78, 5) is 12.4. The molecule has 1 aliphatic carbocycles. The number of nitrogens with one attached hydrogen (secondary N) is 1. The first-order valence-electron chi connectivity index (χ1n) is 8.37. The zero-order valence-corrected chi connectivity index (χ0v) is 14.8. The van der Waals surface area contributed by atoms with Gasteiger partial charge in [0.25, 0.3) is 5.91 Å². The van der Waals surface area contributed by atoms with Gasteiger partial charge in [-0.3, -0.25) is 4.79 Å². The standard InChI is InChI=1S/C20H22ClNO2/c1-13(16-7-6-15-4-3-5-17(15)12-16)22-20(23)14(2)24-19-10-8-18(21)9-11-19/h6-14H,3-5H2,1-2H3,(H,22,23)/t13-,14+/m1/s1. The molecular weight excluding hydrogens is 322 g/mol. The van der Waals surface area contributed by atoms with Gasteiger partial charge in [-0.1, -0.05) is 29.8 Å². The van der Waals surface area contributed by atoms with Gasteiger partial charge < -0.3 is 10.1 Å². The largest absolute Gasteiger partial charge is 0.481 e. The molecule has 3 nitrogen and oxygen atoms in total. The molecule has 0 radical (unpaired) electrons. The van der Waals surface area contributed by atoms with E-state index in [1.54, 1.807) is 31.2 Å². The summed E-state index contributed by atoms with van der Waals surface area (Å²) in [6, 6.07) is 13.5. The van der Waals surface area contributed by atoms with E-state index < -0.39 is 6.10 Å². The summed E-state index contributed by atoms with van der Waals surface area (Å²) < 4.78 is 5.67. The second-order valence-electron chi connectivity index (χ2n) is 6.33. The highest BCUT2D eigenvalue weighted by molar-refractivity contribution is 6.30. The highest BCUT2D eigenvalue weighted by Crippen LogP contribution is 2.25. The van der Waals surface area contributed by atoms with Crippen LogP contribution in [0.5, 0.6) is 5.75 Å². The Kier molecular flexibility index (Phi) is 5.10. The van der Waals surface area contributed by atoms with Crippen molar-refractivity contribution in [2.75, 3.05) is 0 Å². The molecule has 0 fully saturated rings. The van der Waals surface area contributed by atoms with Gasteiger partial charge >= 0.3 is 0 Å². The van der Waals surface area contributed by atoms with Crippen LogP contribution in [-0.4, -0.2) is 12.0 Å². The van der Waals surface area contributed by atoms with Crippen LogP contribution < -0.4 is 10.1 Å². The van der Waals surface area contributed by atoms with Crippen molar-refractivity contribution in [3.05, 3.63) is 64.2 Å². The zero-order valence-electron chi connectivity index (χ0n) is 14.0. The summed E-state index contributed by atoms with van der Waals surface area (Å²) in [7, 11) is 0. The van der Waals surface area contributed by atoms with Crippen LogP contribution in [0.1, 0.15) is 43.0 Å². The van der Waals surface area contributed by atoms with Gasteiger partial charge in [-0.05, 0) is 74.1 Å². The Labute approximate surface area is 148 Å². The molecule has 0 aromatic heterocycles. The van der Waals surface area contributed by atoms with Gasteiger partial charge in [-0.15, -0.1) is 0 Å². The second kappa shape index (κ2) is 7.27. The van der Waals surface area contributed by atoms with Gasteiger partial charge in [-0.2, -0.15) is 0 Å². The van der Waals surface area contributed by atoms with E-state index in [1.807, 2.05) is 6.92 Å². The third kappa shape index (κ3) is 3.90. The fraction of sp³-hybridized carbons (Fsp3) is 0.350. The summed E-state index contributed by atoms with van der Waals surface area (Å²) in [6.07, 6.45) is 2.97. The van der Waals surface area contributed by atoms with E-state index in [4.69, 9.17) is 16.3 Å². The number of carbonyl (C=O) groups is 1. The van der Waals surface area contributed by atoms with Crippen molar-refractivity contribution < 1.29 is 9.53 Å². The highest BCUT2D eigenvalue weighted by atomic mass is 35.5. The van der Waals surface area contributed by atoms with Gasteiger partial charge in [0.1, 0.15) is 5.75 Å². The molecule has 2 aromatic carbocycles. The SMILES string of the molecule is C[C@H](Oc1ccc(Cl)cc1)C(=O)N[C@H](C)c1ccc2c(c1)CCC2. The van der Waals surface area contributed by atoms with E-state index >= 15 is 0 Å². The number of fused-ring (bicyclic) bond motifs is 1. The van der Waals surface area contributed by atoms with E-state index in [0.29, 0.717) is 10.8 Å². The minimum absolute atomic E-state index is 0.0420. The lowest BCUT2D eigenvalue weighted by molar-refractivity contribution is -0.127. The van der Waals surface area contributed by atoms with Crippen LogP contribution >= 0.6 is 11.6 Å². The van der Waals surface area contributed by atoms with Crippen LogP contribution in [0.25, 0.3) is 0 Å². The molecule has 0 saturated heterocycles. The topological polar surface area (TPSA) is 38.3 Å². The van der Waals surface area contributed by atoms with Crippen LogP contribution in [0.15, 0.2) is 42.5 Å². The molecule has 1 N–H and O–H groups in total. The third-order valence-corrected chi connectivity index (χ3v) is 4.73. The Hall–Kier alpha value is -2.00. The number of ether oxygens (including phenoxy) is 1. The van der Waals surface area contributed by atoms with Crippen molar-refractivity contribution >= 4 is 17.5 Å². The van der Waals surface area contributed by atoms with Gasteiger partial charge in [0, 0.05) is 5.02 Å². The third-order valence-electron chi connectivity index (χ3n) is 4.48. The highest BCUT2D eigenvalue weighted by Gasteiger charge is 2.19. The van der Waals surface area contributed by atoms with Crippen molar-refractivity contribution in [3.63, 3.8) is 0 Å². The van der Waals surface area contributed by atoms with Crippen molar-refractivity contribution in [1.29, 1.82) is 0 Å². The number of aryl methyl sites for hydroxylation is 2. The summed E-state index contributed by atoms with van der Waals surface area (Å²) in [5.41, 5.74) is 4.00. The molecule has 24 heavy (non-hydrogen) atoms. The molecule has 3 rings (SSSR count). The Balaban J connectivity index is 1.60. The fourth-order valence-corrected chi connectivity index (χ4v) is 3.17. The molecule has 0 heterocycles. The first kappa shape index (κ1) is 16.8. The van der Waals surface area contributed by atoms with E-state index in [1.165, 1.54) is 24.0 Å². The average Bonchev–Trinajstić information content (AvgIpc) is 3.04. The van der Waals surface area contributed by atoms with E-state index in [2.05, 4.69) is 23.5 Å². The minimum Gasteiger partial charge on any atom is -0.481 e. The molecule has 2 atom stereocenters. The molecular formula is C20H22ClNO2. The van der Waals surface area contributed by atoms with E-state index in [0.717, 1.165) is 12.0 Å². The average molecular weight is 344 g/mol. The zero-order chi connectivity index (χ0) is 17.1. The smallest absolute Gasteiger partial charge is 0.261 e. The quantitative estimate of drug-likeness (QED) is 0.869. The maximum Gasteiger partial charge on any atom is 0.261 e. The summed E-state index contributed by atoms with van der Waals surface area (Å²) in [5.74, 6) is 0.505. The molecule has 0 aliphatic heterocycles. The number of hydrogen-bond donors (Lipinski definition) is 1. The molecule has 2 aromatic rings. The lowest BCUT2D eigenvalue weighted by Gasteiger charge is -2.19. The maximum absolute atomic E-state index is 12.4. The van der Waals surface area contributed by atoms with Crippen LogP contribution in [0.3, 0.4) is 0 Å². The Morgan fingerprint density at radius 2 is 1.79 bits per heavy atom. The van der Waals surface area contributed by atoms with E-state index in [-0.39, 0.29) is 11.9 Å². The number of hydrogen-bond acceptors (Lipinski definition) is 2. The van der Waals surface area contributed by atoms with Crippen molar-refractivity contribution in [1.82, 2.24) is 5.32 Å². The minimum atomic E-state index is -0.567. The molecule has 1 aliphatic rings. The van der Waals surface area contributed by atoms with Crippen molar-refractivity contribution in [3.8, 4) is 5.75 Å². The summed E-state index contributed by atoms with van der Waals surface area (Å²) >= 11 is 5.85.